The number of anilines is 1. The number of carbonyl (C=O) groups excluding carboxylic acids is 2. The second-order valence-corrected chi connectivity index (χ2v) is 6.06. The molecule has 4 aromatic rings. The lowest BCUT2D eigenvalue weighted by Gasteiger charge is -2.07. The van der Waals surface area contributed by atoms with E-state index < -0.39 is 0 Å². The van der Waals surface area contributed by atoms with Gasteiger partial charge in [0.15, 0.2) is 11.5 Å². The van der Waals surface area contributed by atoms with Crippen LogP contribution in [0.3, 0.4) is 0 Å². The Bertz CT molecular complexity index is 1150. The fraction of sp³-hybridized carbons (Fsp3) is 0.0476. The van der Waals surface area contributed by atoms with Crippen LogP contribution in [0.2, 0.25) is 0 Å². The molecule has 138 valence electrons. The van der Waals surface area contributed by atoms with Crippen molar-refractivity contribution >= 4 is 17.4 Å². The predicted octanol–water partition coefficient (Wildman–Crippen LogP) is 4.45. The van der Waals surface area contributed by atoms with Crippen molar-refractivity contribution in [2.24, 2.45) is 0 Å². The summed E-state index contributed by atoms with van der Waals surface area (Å²) in [6.45, 7) is 1.46. The van der Waals surface area contributed by atoms with Crippen LogP contribution in [-0.4, -0.2) is 21.9 Å². The van der Waals surface area contributed by atoms with Crippen molar-refractivity contribution in [3.8, 4) is 23.1 Å². The fourth-order valence-electron chi connectivity index (χ4n) is 2.65. The van der Waals surface area contributed by atoms with Gasteiger partial charge in [-0.15, -0.1) is 10.2 Å². The number of hydrogen-bond donors (Lipinski definition) is 1. The second-order valence-electron chi connectivity index (χ2n) is 6.06. The number of nitrogens with one attached hydrogen (secondary N) is 1. The number of aromatic nitrogens is 2. The summed E-state index contributed by atoms with van der Waals surface area (Å²) in [6, 6.07) is 17.1. The van der Waals surface area contributed by atoms with Gasteiger partial charge in [0.1, 0.15) is 0 Å². The fourth-order valence-corrected chi connectivity index (χ4v) is 2.65. The molecule has 0 saturated heterocycles. The van der Waals surface area contributed by atoms with Crippen molar-refractivity contribution in [2.75, 3.05) is 5.32 Å². The van der Waals surface area contributed by atoms with Crippen molar-refractivity contribution in [3.63, 3.8) is 0 Å². The minimum absolute atomic E-state index is 0.0968. The van der Waals surface area contributed by atoms with Crippen molar-refractivity contribution in [3.05, 3.63) is 78.1 Å². The molecular weight excluding hydrogens is 358 g/mol. The van der Waals surface area contributed by atoms with Crippen LogP contribution in [0.15, 0.2) is 75.8 Å². The van der Waals surface area contributed by atoms with Crippen LogP contribution in [0.25, 0.3) is 23.1 Å². The number of nitrogens with zero attached hydrogens (tertiary/aromatic N) is 2. The maximum atomic E-state index is 12.5. The summed E-state index contributed by atoms with van der Waals surface area (Å²) in [5.74, 6) is 0.646. The monoisotopic (exact) mass is 373 g/mol. The molecule has 0 aliphatic carbocycles. The maximum absolute atomic E-state index is 12.5. The number of amides is 1. The molecule has 0 spiro atoms. The van der Waals surface area contributed by atoms with Gasteiger partial charge >= 0.3 is 0 Å². The van der Waals surface area contributed by atoms with Crippen LogP contribution in [0.4, 0.5) is 5.69 Å². The lowest BCUT2D eigenvalue weighted by molar-refractivity contribution is 0.101. The summed E-state index contributed by atoms with van der Waals surface area (Å²) in [5, 5.41) is 10.8. The lowest BCUT2D eigenvalue weighted by Crippen LogP contribution is -2.12. The molecule has 4 rings (SSSR count). The first kappa shape index (κ1) is 17.4. The zero-order valence-electron chi connectivity index (χ0n) is 14.9. The SMILES string of the molecule is CC(=O)c1cccc(C(=O)Nc2cccc(-c3nnc(-c4ccco4)o3)c2)c1. The van der Waals surface area contributed by atoms with E-state index in [1.165, 1.54) is 13.2 Å². The molecule has 0 aliphatic heterocycles. The summed E-state index contributed by atoms with van der Waals surface area (Å²) < 4.78 is 10.9. The first-order chi connectivity index (χ1) is 13.6. The first-order valence-electron chi connectivity index (χ1n) is 8.50. The molecule has 2 aromatic carbocycles. The average molecular weight is 373 g/mol. The molecule has 1 N–H and O–H groups in total. The molecule has 0 saturated carbocycles. The van der Waals surface area contributed by atoms with E-state index in [1.54, 1.807) is 60.7 Å². The van der Waals surface area contributed by atoms with E-state index in [9.17, 15) is 9.59 Å². The molecule has 0 fully saturated rings. The average Bonchev–Trinajstić information content (AvgIpc) is 3.40. The predicted molar refractivity (Wildman–Crippen MR) is 102 cm³/mol. The third-order valence-electron chi connectivity index (χ3n) is 4.06. The molecule has 0 unspecified atom stereocenters. The van der Waals surface area contributed by atoms with Crippen molar-refractivity contribution in [2.45, 2.75) is 6.92 Å². The molecule has 2 heterocycles. The second kappa shape index (κ2) is 7.32. The molecule has 0 atom stereocenters. The Morgan fingerprint density at radius 1 is 0.893 bits per heavy atom. The van der Waals surface area contributed by atoms with Crippen molar-refractivity contribution < 1.29 is 18.4 Å². The van der Waals surface area contributed by atoms with Crippen LogP contribution in [0, 0.1) is 0 Å². The third kappa shape index (κ3) is 3.59. The molecular formula is C21H15N3O4. The Morgan fingerprint density at radius 3 is 2.46 bits per heavy atom. The normalized spacial score (nSPS) is 10.6. The van der Waals surface area contributed by atoms with E-state index in [2.05, 4.69) is 15.5 Å². The number of hydrogen-bond acceptors (Lipinski definition) is 6. The van der Waals surface area contributed by atoms with Crippen LogP contribution in [-0.2, 0) is 0 Å². The third-order valence-corrected chi connectivity index (χ3v) is 4.06. The lowest BCUT2D eigenvalue weighted by atomic mass is 10.1. The Kier molecular flexibility index (Phi) is 4.55. The van der Waals surface area contributed by atoms with Crippen molar-refractivity contribution in [1.82, 2.24) is 10.2 Å². The molecule has 0 bridgehead atoms. The van der Waals surface area contributed by atoms with Crippen LogP contribution in [0.5, 0.6) is 0 Å². The number of ketones is 1. The van der Waals surface area contributed by atoms with Crippen molar-refractivity contribution in [1.29, 1.82) is 0 Å². The highest BCUT2D eigenvalue weighted by Gasteiger charge is 2.14. The summed E-state index contributed by atoms with van der Waals surface area (Å²) >= 11 is 0. The topological polar surface area (TPSA) is 98.2 Å². The zero-order valence-corrected chi connectivity index (χ0v) is 14.9. The van der Waals surface area contributed by atoms with E-state index in [1.807, 2.05) is 0 Å². The van der Waals surface area contributed by atoms with Gasteiger partial charge in [-0.2, -0.15) is 0 Å². The van der Waals surface area contributed by atoms with E-state index >= 15 is 0 Å². The van der Waals surface area contributed by atoms with E-state index in [0.29, 0.717) is 34.0 Å². The smallest absolute Gasteiger partial charge is 0.283 e. The van der Waals surface area contributed by atoms with Gasteiger partial charge in [-0.3, -0.25) is 9.59 Å². The van der Waals surface area contributed by atoms with Gasteiger partial charge in [-0.05, 0) is 49.4 Å². The highest BCUT2D eigenvalue weighted by atomic mass is 16.4. The Hall–Kier alpha value is -4.00. The van der Waals surface area contributed by atoms with E-state index in [4.69, 9.17) is 8.83 Å². The highest BCUT2D eigenvalue weighted by molar-refractivity contribution is 6.06. The largest absolute Gasteiger partial charge is 0.459 e. The molecule has 7 nitrogen and oxygen atoms in total. The molecule has 0 radical (unpaired) electrons. The summed E-state index contributed by atoms with van der Waals surface area (Å²) in [5.41, 5.74) is 2.10. The number of carbonyl (C=O) groups is 2. The van der Waals surface area contributed by atoms with Gasteiger partial charge in [0.05, 0.1) is 6.26 Å². The van der Waals surface area contributed by atoms with Gasteiger partial charge in [0, 0.05) is 22.4 Å². The summed E-state index contributed by atoms with van der Waals surface area (Å²) in [7, 11) is 0. The van der Waals surface area contributed by atoms with E-state index in [-0.39, 0.29) is 17.6 Å². The standard InChI is InChI=1S/C21H15N3O4/c1-13(25)14-5-2-6-15(11-14)19(26)22-17-8-3-7-16(12-17)20-23-24-21(28-20)18-9-4-10-27-18/h2-12H,1H3,(H,22,26). The zero-order chi connectivity index (χ0) is 19.5. The van der Waals surface area contributed by atoms with Crippen LogP contribution >= 0.6 is 0 Å². The van der Waals surface area contributed by atoms with Crippen LogP contribution in [0.1, 0.15) is 27.6 Å². The Morgan fingerprint density at radius 2 is 1.68 bits per heavy atom. The number of rotatable bonds is 5. The maximum Gasteiger partial charge on any atom is 0.283 e. The molecule has 1 amide bonds. The number of Topliss-reactive ketones (excluding diaryl/α,β-unsaturated/α-hetero) is 1. The van der Waals surface area contributed by atoms with E-state index in [0.717, 1.165) is 0 Å². The molecule has 28 heavy (non-hydrogen) atoms. The quantitative estimate of drug-likeness (QED) is 0.519. The first-order valence-corrected chi connectivity index (χ1v) is 8.50. The minimum atomic E-state index is -0.318. The van der Waals surface area contributed by atoms with Crippen LogP contribution < -0.4 is 5.32 Å². The van der Waals surface area contributed by atoms with Gasteiger partial charge in [-0.1, -0.05) is 18.2 Å². The van der Waals surface area contributed by atoms with Gasteiger partial charge in [0.25, 0.3) is 11.8 Å². The summed E-state index contributed by atoms with van der Waals surface area (Å²) in [6.07, 6.45) is 1.52. The molecule has 7 heteroatoms. The van der Waals surface area contributed by atoms with Gasteiger partial charge < -0.3 is 14.2 Å². The molecule has 0 aliphatic rings. The highest BCUT2D eigenvalue weighted by Crippen LogP contribution is 2.26. The number of benzene rings is 2. The molecule has 2 aromatic heterocycles. The Balaban J connectivity index is 1.55. The minimum Gasteiger partial charge on any atom is -0.459 e. The van der Waals surface area contributed by atoms with Gasteiger partial charge in [0.2, 0.25) is 5.89 Å². The number of furan rings is 1. The summed E-state index contributed by atoms with van der Waals surface area (Å²) in [4.78, 5) is 24.0. The van der Waals surface area contributed by atoms with Gasteiger partial charge in [-0.25, -0.2) is 0 Å². The Labute approximate surface area is 160 Å².